The lowest BCUT2D eigenvalue weighted by molar-refractivity contribution is -0.147. The lowest BCUT2D eigenvalue weighted by Crippen LogP contribution is -2.58. The van der Waals surface area contributed by atoms with Gasteiger partial charge in [-0.15, -0.1) is 0 Å². The van der Waals surface area contributed by atoms with Crippen LogP contribution in [0.25, 0.3) is 0 Å². The van der Waals surface area contributed by atoms with Crippen molar-refractivity contribution in [1.82, 2.24) is 0 Å². The lowest BCUT2D eigenvalue weighted by atomic mass is 9.61. The number of benzene rings is 3. The fraction of sp³-hybridized carbons (Fsp3) is 0.243. The summed E-state index contributed by atoms with van der Waals surface area (Å²) in [5.41, 5.74) is -7.79. The summed E-state index contributed by atoms with van der Waals surface area (Å²) in [5.74, 6) is -15.8. The molecule has 0 saturated heterocycles. The number of ketones is 3. The molecule has 8 rings (SSSR count). The van der Waals surface area contributed by atoms with Crippen LogP contribution in [-0.4, -0.2) is 110 Å². The quantitative estimate of drug-likeness (QED) is 0.0994. The van der Waals surface area contributed by atoms with Crippen molar-refractivity contribution in [2.75, 3.05) is 0 Å². The van der Waals surface area contributed by atoms with E-state index in [1.165, 1.54) is 0 Å². The maximum atomic E-state index is 14.4. The summed E-state index contributed by atoms with van der Waals surface area (Å²) >= 11 is 0. The highest BCUT2D eigenvalue weighted by atomic mass is 16.6. The first-order chi connectivity index (χ1) is 25.9. The first-order valence-corrected chi connectivity index (χ1v) is 16.4. The van der Waals surface area contributed by atoms with E-state index in [1.54, 1.807) is 0 Å². The van der Waals surface area contributed by atoms with Gasteiger partial charge in [0.25, 0.3) is 5.78 Å². The molecule has 7 atom stereocenters. The maximum Gasteiger partial charge on any atom is 0.338 e. The first kappa shape index (κ1) is 35.1. The third-order valence-corrected chi connectivity index (χ3v) is 10.7. The van der Waals surface area contributed by atoms with Crippen molar-refractivity contribution in [3.8, 4) is 51.7 Å². The number of aliphatic hydroxyl groups excluding tert-OH is 3. The van der Waals surface area contributed by atoms with Crippen LogP contribution in [0.5, 0.6) is 51.7 Å². The molecule has 0 bridgehead atoms. The molecular weight excluding hydrogens is 732 g/mol. The van der Waals surface area contributed by atoms with Gasteiger partial charge in [0.1, 0.15) is 46.7 Å². The van der Waals surface area contributed by atoms with Gasteiger partial charge in [0.05, 0.1) is 22.7 Å². The molecule has 3 aliphatic carbocycles. The van der Waals surface area contributed by atoms with E-state index in [4.69, 9.17) is 14.2 Å². The van der Waals surface area contributed by atoms with Crippen LogP contribution in [-0.2, 0) is 32.0 Å². The minimum absolute atomic E-state index is 0.0445. The highest BCUT2D eigenvalue weighted by Crippen LogP contribution is 2.65. The second kappa shape index (κ2) is 11.5. The summed E-state index contributed by atoms with van der Waals surface area (Å²) < 4.78 is 18.0. The fourth-order valence-corrected chi connectivity index (χ4v) is 8.39. The van der Waals surface area contributed by atoms with Crippen LogP contribution in [0.1, 0.15) is 21.5 Å². The maximum absolute atomic E-state index is 14.4. The second-order valence-electron chi connectivity index (χ2n) is 13.8. The van der Waals surface area contributed by atoms with Gasteiger partial charge in [-0.3, -0.25) is 14.4 Å². The molecule has 2 heterocycles. The van der Waals surface area contributed by atoms with Crippen LogP contribution in [0, 0.1) is 11.3 Å². The lowest BCUT2D eigenvalue weighted by Gasteiger charge is -2.48. The Labute approximate surface area is 306 Å². The molecule has 2 aliphatic heterocycles. The molecule has 3 aromatic rings. The van der Waals surface area contributed by atoms with Gasteiger partial charge in [-0.1, -0.05) is 0 Å². The fourth-order valence-electron chi connectivity index (χ4n) is 8.39. The molecule has 18 nitrogen and oxygen atoms in total. The molecule has 0 amide bonds. The van der Waals surface area contributed by atoms with Crippen molar-refractivity contribution in [3.63, 3.8) is 0 Å². The van der Waals surface area contributed by atoms with Crippen molar-refractivity contribution < 1.29 is 89.6 Å². The van der Waals surface area contributed by atoms with E-state index in [9.17, 15) is 75.3 Å². The van der Waals surface area contributed by atoms with Crippen molar-refractivity contribution in [1.29, 1.82) is 0 Å². The molecule has 1 fully saturated rings. The third-order valence-electron chi connectivity index (χ3n) is 10.7. The number of aliphatic hydroxyl groups is 4. The van der Waals surface area contributed by atoms with Crippen molar-refractivity contribution in [3.05, 3.63) is 87.9 Å². The number of hydrogen-bond acceptors (Lipinski definition) is 18. The summed E-state index contributed by atoms with van der Waals surface area (Å²) in [4.78, 5) is 55.0. The van der Waals surface area contributed by atoms with Gasteiger partial charge < -0.3 is 70.4 Å². The molecule has 0 spiro atoms. The van der Waals surface area contributed by atoms with Gasteiger partial charge >= 0.3 is 5.97 Å². The summed E-state index contributed by atoms with van der Waals surface area (Å²) in [6.07, 6.45) is -6.59. The molecule has 0 unspecified atom stereocenters. The van der Waals surface area contributed by atoms with Gasteiger partial charge in [-0.2, -0.15) is 0 Å². The predicted octanol–water partition coefficient (Wildman–Crippen LogP) is 0.782. The number of fused-ring (bicyclic) bond motifs is 5. The average molecular weight is 761 g/mol. The molecule has 284 valence electrons. The molecule has 11 N–H and O–H groups in total. The standard InChI is InChI=1S/C37H28O18/c38-12-3-17(40)14-7-21(44)31(53-23(14)5-12)16-9-26(46)37(52)32(16)36(10-22(45)29(48)30(49)27(36)33(37)50)34-25(8-15-18(41)4-13(39)6-24(15)54-34)55-35(51)11-1-19(42)28(47)20(43)2-11/h1-6,9-10,21,25,31-32,34,38-45,47,49,52H,7-8H2/t21-,25-,31-,32+,34+,36-,37-/m1/s1. The van der Waals surface area contributed by atoms with E-state index in [-0.39, 0.29) is 34.6 Å². The molecule has 55 heavy (non-hydrogen) atoms. The number of phenols is 7. The van der Waals surface area contributed by atoms with Crippen LogP contribution < -0.4 is 9.47 Å². The number of esters is 1. The Bertz CT molecular complexity index is 2380. The van der Waals surface area contributed by atoms with Crippen LogP contribution in [0.2, 0.25) is 0 Å². The zero-order valence-corrected chi connectivity index (χ0v) is 27.7. The molecule has 0 radical (unpaired) electrons. The molecule has 1 saturated carbocycles. The summed E-state index contributed by atoms with van der Waals surface area (Å²) in [7, 11) is 0. The molecule has 0 aromatic heterocycles. The minimum Gasteiger partial charge on any atom is -0.508 e. The van der Waals surface area contributed by atoms with E-state index in [0.29, 0.717) is 6.08 Å². The number of carbonyl (C=O) groups is 4. The molecule has 5 aliphatic rings. The number of hydrogen-bond donors (Lipinski definition) is 11. The predicted molar refractivity (Wildman–Crippen MR) is 177 cm³/mol. The van der Waals surface area contributed by atoms with Gasteiger partial charge in [0.2, 0.25) is 5.78 Å². The molecular formula is C37H28O18. The van der Waals surface area contributed by atoms with Crippen molar-refractivity contribution >= 4 is 23.3 Å². The number of rotatable bonds is 4. The molecule has 18 heteroatoms. The monoisotopic (exact) mass is 760 g/mol. The topological polar surface area (TPSA) is 318 Å². The normalized spacial score (nSPS) is 29.3. The summed E-state index contributed by atoms with van der Waals surface area (Å²) in [5, 5.41) is 118. The van der Waals surface area contributed by atoms with Crippen LogP contribution >= 0.6 is 0 Å². The largest absolute Gasteiger partial charge is 0.508 e. The zero-order valence-electron chi connectivity index (χ0n) is 27.7. The number of carbonyl (C=O) groups excluding carboxylic acids is 4. The Morgan fingerprint density at radius 3 is 1.96 bits per heavy atom. The average Bonchev–Trinajstić information content (AvgIpc) is 3.50. The van der Waals surface area contributed by atoms with Crippen LogP contribution in [0.15, 0.2) is 71.2 Å². The Kier molecular flexibility index (Phi) is 7.37. The Balaban J connectivity index is 1.34. The second-order valence-corrected chi connectivity index (χ2v) is 13.8. The number of Topliss-reactive ketones (excluding diaryl/α,β-unsaturated/α-hetero) is 2. The minimum atomic E-state index is -3.21. The Morgan fingerprint density at radius 1 is 0.764 bits per heavy atom. The van der Waals surface area contributed by atoms with E-state index in [1.807, 2.05) is 0 Å². The third kappa shape index (κ3) is 4.74. The van der Waals surface area contributed by atoms with Crippen LogP contribution in [0.4, 0.5) is 0 Å². The van der Waals surface area contributed by atoms with Crippen molar-refractivity contribution in [2.45, 2.75) is 42.9 Å². The highest BCUT2D eigenvalue weighted by molar-refractivity contribution is 6.29. The highest BCUT2D eigenvalue weighted by Gasteiger charge is 2.77. The summed E-state index contributed by atoms with van der Waals surface area (Å²) in [6, 6.07) is 5.45. The van der Waals surface area contributed by atoms with E-state index < -0.39 is 134 Å². The first-order valence-electron chi connectivity index (χ1n) is 16.4. The van der Waals surface area contributed by atoms with Gasteiger partial charge in [0, 0.05) is 54.2 Å². The Morgan fingerprint density at radius 2 is 1.35 bits per heavy atom. The number of phenolic OH excluding ortho intramolecular Hbond substituents is 7. The molecule has 3 aromatic carbocycles. The number of aromatic hydroxyl groups is 7. The SMILES string of the molecule is O=C1C(O)=C[C@@]2([C@H]3Oc4cc(O)cc(O)c4C[C@H]3OC(=O)c3cc(O)c(O)c(O)c3)C(=C1O)C(=O)[C@@]1(O)C(=O)C=C([C@H]3Oc4cc(O)cc(O)c4C[C@H]3O)[C@H]12. The number of ether oxygens (including phenoxy) is 3. The van der Waals surface area contributed by atoms with E-state index in [2.05, 4.69) is 0 Å². The summed E-state index contributed by atoms with van der Waals surface area (Å²) in [6.45, 7) is 0. The van der Waals surface area contributed by atoms with Gasteiger partial charge in [-0.25, -0.2) is 4.79 Å². The van der Waals surface area contributed by atoms with Gasteiger partial charge in [0.15, 0.2) is 46.3 Å². The van der Waals surface area contributed by atoms with Crippen molar-refractivity contribution in [2.24, 2.45) is 11.3 Å². The smallest absolute Gasteiger partial charge is 0.338 e. The van der Waals surface area contributed by atoms with E-state index >= 15 is 0 Å². The zero-order chi connectivity index (χ0) is 39.6. The van der Waals surface area contributed by atoms with Gasteiger partial charge in [-0.05, 0) is 29.9 Å². The van der Waals surface area contributed by atoms with Crippen LogP contribution in [0.3, 0.4) is 0 Å². The van der Waals surface area contributed by atoms with E-state index in [0.717, 1.165) is 42.5 Å². The Hall–Kier alpha value is -6.92.